The van der Waals surface area contributed by atoms with E-state index in [4.69, 9.17) is 0 Å². The third-order valence-corrected chi connectivity index (χ3v) is 5.25. The molecule has 6 nitrogen and oxygen atoms in total. The Morgan fingerprint density at radius 1 is 1.29 bits per heavy atom. The average Bonchev–Trinajstić information content (AvgIpc) is 3.02. The SMILES string of the molecule is CN=C(NCc1csc(Br)c1)N1CCN(c2ncccn2)CC1.I. The van der Waals surface area contributed by atoms with E-state index in [0.29, 0.717) is 0 Å². The molecule has 1 saturated heterocycles. The molecule has 0 spiro atoms. The summed E-state index contributed by atoms with van der Waals surface area (Å²) in [6.45, 7) is 4.40. The summed E-state index contributed by atoms with van der Waals surface area (Å²) in [5.74, 6) is 1.75. The molecule has 0 saturated carbocycles. The number of hydrogen-bond donors (Lipinski definition) is 1. The highest BCUT2D eigenvalue weighted by atomic mass is 127. The minimum absolute atomic E-state index is 0. The lowest BCUT2D eigenvalue weighted by Crippen LogP contribution is -2.52. The van der Waals surface area contributed by atoms with Crippen LogP contribution < -0.4 is 10.2 Å². The first-order valence-corrected chi connectivity index (χ1v) is 9.14. The van der Waals surface area contributed by atoms with E-state index in [1.807, 2.05) is 13.1 Å². The van der Waals surface area contributed by atoms with Gasteiger partial charge in [-0.2, -0.15) is 0 Å². The van der Waals surface area contributed by atoms with Crippen molar-refractivity contribution in [2.45, 2.75) is 6.54 Å². The van der Waals surface area contributed by atoms with Crippen LogP contribution in [0, 0.1) is 0 Å². The van der Waals surface area contributed by atoms with Crippen molar-refractivity contribution < 1.29 is 0 Å². The van der Waals surface area contributed by atoms with Crippen molar-refractivity contribution in [3.8, 4) is 0 Å². The van der Waals surface area contributed by atoms with E-state index < -0.39 is 0 Å². The molecular formula is C15H20BrIN6S. The zero-order valence-corrected chi connectivity index (χ0v) is 18.1. The van der Waals surface area contributed by atoms with Gasteiger partial charge in [0.2, 0.25) is 5.95 Å². The fourth-order valence-corrected chi connectivity index (χ4v) is 3.73. The second kappa shape index (κ2) is 9.52. The molecule has 0 unspecified atom stereocenters. The monoisotopic (exact) mass is 522 g/mol. The maximum atomic E-state index is 4.40. The van der Waals surface area contributed by atoms with Gasteiger partial charge in [0.05, 0.1) is 3.79 Å². The fourth-order valence-electron chi connectivity index (χ4n) is 2.52. The molecule has 0 aliphatic carbocycles. The standard InChI is InChI=1S/C15H19BrN6S.HI/c1-17-14(20-10-12-9-13(16)23-11-12)21-5-7-22(8-6-21)15-18-3-2-4-19-15;/h2-4,9,11H,5-8,10H2,1H3,(H,17,20);1H. The summed E-state index contributed by atoms with van der Waals surface area (Å²) in [5.41, 5.74) is 1.26. The lowest BCUT2D eigenvalue weighted by molar-refractivity contribution is 0.370. The van der Waals surface area contributed by atoms with E-state index in [2.05, 4.69) is 57.5 Å². The molecule has 2 aromatic rings. The lowest BCUT2D eigenvalue weighted by atomic mass is 10.3. The summed E-state index contributed by atoms with van der Waals surface area (Å²) in [5, 5.41) is 5.58. The van der Waals surface area contributed by atoms with Crippen LogP contribution in [0.4, 0.5) is 5.95 Å². The number of nitrogens with zero attached hydrogens (tertiary/aromatic N) is 5. The second-order valence-corrected chi connectivity index (χ2v) is 7.47. The van der Waals surface area contributed by atoms with E-state index in [9.17, 15) is 0 Å². The molecule has 0 atom stereocenters. The number of thiophene rings is 1. The number of halogens is 2. The van der Waals surface area contributed by atoms with Gasteiger partial charge in [-0.15, -0.1) is 35.3 Å². The van der Waals surface area contributed by atoms with Crippen LogP contribution in [0.25, 0.3) is 0 Å². The highest BCUT2D eigenvalue weighted by Crippen LogP contribution is 2.20. The second-order valence-electron chi connectivity index (χ2n) is 5.18. The van der Waals surface area contributed by atoms with Crippen LogP contribution in [0.3, 0.4) is 0 Å². The Hall–Kier alpha value is -0.940. The molecule has 1 aliphatic rings. The Kier molecular flexibility index (Phi) is 7.69. The molecule has 1 aliphatic heterocycles. The summed E-state index contributed by atoms with van der Waals surface area (Å²) in [6.07, 6.45) is 3.57. The molecule has 0 bridgehead atoms. The van der Waals surface area contributed by atoms with Crippen LogP contribution in [0.5, 0.6) is 0 Å². The third kappa shape index (κ3) is 5.03. The van der Waals surface area contributed by atoms with Gasteiger partial charge in [0, 0.05) is 52.2 Å². The number of hydrogen-bond acceptors (Lipinski definition) is 5. The molecule has 0 aromatic carbocycles. The van der Waals surface area contributed by atoms with Gasteiger partial charge in [-0.1, -0.05) is 0 Å². The quantitative estimate of drug-likeness (QED) is 0.381. The van der Waals surface area contributed by atoms with Gasteiger partial charge in [-0.3, -0.25) is 4.99 Å². The Labute approximate surface area is 171 Å². The van der Waals surface area contributed by atoms with Crippen molar-refractivity contribution in [2.75, 3.05) is 38.1 Å². The van der Waals surface area contributed by atoms with E-state index in [-0.39, 0.29) is 24.0 Å². The first-order valence-electron chi connectivity index (χ1n) is 7.47. The van der Waals surface area contributed by atoms with Crippen molar-refractivity contribution in [1.29, 1.82) is 0 Å². The smallest absolute Gasteiger partial charge is 0.225 e. The highest BCUT2D eigenvalue weighted by Gasteiger charge is 2.20. The predicted octanol–water partition coefficient (Wildman–Crippen LogP) is 2.82. The summed E-state index contributed by atoms with van der Waals surface area (Å²) in [4.78, 5) is 17.5. The van der Waals surface area contributed by atoms with Gasteiger partial charge in [-0.05, 0) is 39.0 Å². The maximum absolute atomic E-state index is 4.40. The summed E-state index contributed by atoms with van der Waals surface area (Å²) < 4.78 is 1.15. The first kappa shape index (κ1) is 19.4. The molecule has 24 heavy (non-hydrogen) atoms. The highest BCUT2D eigenvalue weighted by molar-refractivity contribution is 14.0. The summed E-state index contributed by atoms with van der Waals surface area (Å²) in [7, 11) is 1.83. The van der Waals surface area contributed by atoms with Gasteiger partial charge in [-0.25, -0.2) is 9.97 Å². The zero-order chi connectivity index (χ0) is 16.1. The maximum Gasteiger partial charge on any atom is 0.225 e. The molecule has 3 heterocycles. The van der Waals surface area contributed by atoms with Gasteiger partial charge in [0.15, 0.2) is 5.96 Å². The van der Waals surface area contributed by atoms with E-state index >= 15 is 0 Å². The number of anilines is 1. The van der Waals surface area contributed by atoms with Gasteiger partial charge in [0.25, 0.3) is 0 Å². The van der Waals surface area contributed by atoms with E-state index in [1.165, 1.54) is 5.56 Å². The lowest BCUT2D eigenvalue weighted by Gasteiger charge is -2.36. The molecule has 1 N–H and O–H groups in total. The molecule has 9 heteroatoms. The normalized spacial score (nSPS) is 15.2. The molecule has 2 aromatic heterocycles. The van der Waals surface area contributed by atoms with Crippen molar-refractivity contribution >= 4 is 63.2 Å². The van der Waals surface area contributed by atoms with Crippen LogP contribution in [0.2, 0.25) is 0 Å². The van der Waals surface area contributed by atoms with E-state index in [1.54, 1.807) is 23.7 Å². The number of nitrogens with one attached hydrogen (secondary N) is 1. The van der Waals surface area contributed by atoms with Crippen LogP contribution in [-0.4, -0.2) is 54.1 Å². The van der Waals surface area contributed by atoms with Gasteiger partial charge in [0.1, 0.15) is 0 Å². The zero-order valence-electron chi connectivity index (χ0n) is 13.4. The van der Waals surface area contributed by atoms with Crippen LogP contribution in [0.1, 0.15) is 5.56 Å². The first-order chi connectivity index (χ1) is 11.3. The summed E-state index contributed by atoms with van der Waals surface area (Å²) in [6, 6.07) is 3.98. The Morgan fingerprint density at radius 2 is 2.00 bits per heavy atom. The largest absolute Gasteiger partial charge is 0.352 e. The molecular weight excluding hydrogens is 503 g/mol. The van der Waals surface area contributed by atoms with Crippen LogP contribution in [0.15, 0.2) is 38.7 Å². The number of aromatic nitrogens is 2. The average molecular weight is 523 g/mol. The predicted molar refractivity (Wildman–Crippen MR) is 113 cm³/mol. The van der Waals surface area contributed by atoms with Gasteiger partial charge < -0.3 is 15.1 Å². The van der Waals surface area contributed by atoms with Crippen molar-refractivity contribution in [1.82, 2.24) is 20.2 Å². The van der Waals surface area contributed by atoms with Gasteiger partial charge >= 0.3 is 0 Å². The van der Waals surface area contributed by atoms with Crippen LogP contribution >= 0.6 is 51.2 Å². The molecule has 3 rings (SSSR count). The number of piperazine rings is 1. The Bertz CT molecular complexity index is 657. The van der Waals surface area contributed by atoms with Crippen molar-refractivity contribution in [3.63, 3.8) is 0 Å². The minimum Gasteiger partial charge on any atom is -0.352 e. The minimum atomic E-state index is 0. The topological polar surface area (TPSA) is 56.7 Å². The number of aliphatic imine (C=N–C) groups is 1. The molecule has 0 amide bonds. The Morgan fingerprint density at radius 3 is 2.58 bits per heavy atom. The van der Waals surface area contributed by atoms with Crippen molar-refractivity contribution in [2.24, 2.45) is 4.99 Å². The van der Waals surface area contributed by atoms with Crippen molar-refractivity contribution in [3.05, 3.63) is 39.3 Å². The third-order valence-electron chi connectivity index (χ3n) is 3.70. The molecule has 0 radical (unpaired) electrons. The molecule has 130 valence electrons. The number of guanidine groups is 1. The van der Waals surface area contributed by atoms with Crippen LogP contribution in [-0.2, 0) is 6.54 Å². The number of rotatable bonds is 3. The van der Waals surface area contributed by atoms with E-state index in [0.717, 1.165) is 48.4 Å². The molecule has 1 fully saturated rings. The Balaban J connectivity index is 0.00000208. The fraction of sp³-hybridized carbons (Fsp3) is 0.400. The summed E-state index contributed by atoms with van der Waals surface area (Å²) >= 11 is 5.19.